The lowest BCUT2D eigenvalue weighted by Gasteiger charge is -2.26. The van der Waals surface area contributed by atoms with E-state index in [0.29, 0.717) is 30.6 Å². The van der Waals surface area contributed by atoms with Crippen LogP contribution in [0.1, 0.15) is 45.7 Å². The van der Waals surface area contributed by atoms with Gasteiger partial charge in [-0.05, 0) is 31.9 Å². The Labute approximate surface area is 140 Å². The zero-order chi connectivity index (χ0) is 16.9. The summed E-state index contributed by atoms with van der Waals surface area (Å²) in [5.41, 5.74) is 0.740. The zero-order valence-corrected chi connectivity index (χ0v) is 13.7. The number of Topliss-reactive ketones (excluding diaryl/α,β-unsaturated/α-hetero) is 1. The third-order valence-corrected chi connectivity index (χ3v) is 4.54. The predicted octanol–water partition coefficient (Wildman–Crippen LogP) is 0.346. The fraction of sp³-hybridized carbons (Fsp3) is 0.588. The van der Waals surface area contributed by atoms with Gasteiger partial charge >= 0.3 is 0 Å². The van der Waals surface area contributed by atoms with Crippen molar-refractivity contribution in [2.24, 2.45) is 0 Å². The van der Waals surface area contributed by atoms with Crippen LogP contribution < -0.4 is 10.9 Å². The minimum absolute atomic E-state index is 0.00568. The maximum atomic E-state index is 12.2. The number of aromatic amines is 1. The summed E-state index contributed by atoms with van der Waals surface area (Å²) in [6, 6.07) is 1.45. The standard InChI is InChI=1S/C17H23N3O4/c21-15-4-1-3-14-12(15)11-13(17(23)19-14)16(22)18-5-2-6-20-7-9-24-10-8-20/h11H,1-10H2,(H,18,22)(H,19,23). The molecule has 2 N–H and O–H groups in total. The van der Waals surface area contributed by atoms with Gasteiger partial charge in [0.25, 0.3) is 11.5 Å². The molecule has 24 heavy (non-hydrogen) atoms. The van der Waals surface area contributed by atoms with Crippen LogP contribution in [0, 0.1) is 0 Å². The molecule has 0 saturated carbocycles. The van der Waals surface area contributed by atoms with Crippen molar-refractivity contribution in [1.82, 2.24) is 15.2 Å². The number of carbonyl (C=O) groups is 2. The van der Waals surface area contributed by atoms with Crippen molar-refractivity contribution in [3.05, 3.63) is 33.2 Å². The number of fused-ring (bicyclic) bond motifs is 1. The molecule has 2 heterocycles. The molecule has 1 fully saturated rings. The van der Waals surface area contributed by atoms with Gasteiger partial charge in [0, 0.05) is 37.3 Å². The van der Waals surface area contributed by atoms with Crippen LogP contribution >= 0.6 is 0 Å². The lowest BCUT2D eigenvalue weighted by molar-refractivity contribution is 0.0374. The average Bonchev–Trinajstić information content (AvgIpc) is 2.59. The second kappa shape index (κ2) is 7.72. The number of hydrogen-bond acceptors (Lipinski definition) is 5. The van der Waals surface area contributed by atoms with Crippen molar-refractivity contribution in [2.75, 3.05) is 39.4 Å². The van der Waals surface area contributed by atoms with E-state index in [4.69, 9.17) is 4.74 Å². The number of nitrogens with zero attached hydrogens (tertiary/aromatic N) is 1. The molecule has 0 atom stereocenters. The maximum Gasteiger partial charge on any atom is 0.261 e. The number of nitrogens with one attached hydrogen (secondary N) is 2. The van der Waals surface area contributed by atoms with Crippen molar-refractivity contribution >= 4 is 11.7 Å². The van der Waals surface area contributed by atoms with Gasteiger partial charge in [0.2, 0.25) is 0 Å². The van der Waals surface area contributed by atoms with E-state index < -0.39 is 11.5 Å². The summed E-state index contributed by atoms with van der Waals surface area (Å²) in [7, 11) is 0. The highest BCUT2D eigenvalue weighted by atomic mass is 16.5. The second-order valence-corrected chi connectivity index (χ2v) is 6.24. The zero-order valence-electron chi connectivity index (χ0n) is 13.7. The number of morpholine rings is 1. The van der Waals surface area contributed by atoms with Gasteiger partial charge in [-0.2, -0.15) is 0 Å². The minimum Gasteiger partial charge on any atom is -0.379 e. The third-order valence-electron chi connectivity index (χ3n) is 4.54. The van der Waals surface area contributed by atoms with E-state index in [2.05, 4.69) is 15.2 Å². The molecule has 1 aliphatic carbocycles. The Hall–Kier alpha value is -1.99. The summed E-state index contributed by atoms with van der Waals surface area (Å²) < 4.78 is 5.29. The molecule has 1 aromatic rings. The van der Waals surface area contributed by atoms with E-state index in [0.717, 1.165) is 45.7 Å². The summed E-state index contributed by atoms with van der Waals surface area (Å²) in [6.45, 7) is 4.74. The van der Waals surface area contributed by atoms with Gasteiger partial charge in [-0.25, -0.2) is 0 Å². The molecule has 0 aromatic carbocycles. The van der Waals surface area contributed by atoms with E-state index in [1.165, 1.54) is 6.07 Å². The van der Waals surface area contributed by atoms with Crippen molar-refractivity contribution in [1.29, 1.82) is 0 Å². The maximum absolute atomic E-state index is 12.2. The van der Waals surface area contributed by atoms with Gasteiger partial charge in [-0.1, -0.05) is 0 Å². The van der Waals surface area contributed by atoms with E-state index in [9.17, 15) is 14.4 Å². The monoisotopic (exact) mass is 333 g/mol. The fourth-order valence-corrected chi connectivity index (χ4v) is 3.17. The summed E-state index contributed by atoms with van der Waals surface area (Å²) in [5, 5.41) is 2.77. The van der Waals surface area contributed by atoms with Crippen LogP contribution in [-0.2, 0) is 11.2 Å². The van der Waals surface area contributed by atoms with Crippen LogP contribution in [0.25, 0.3) is 0 Å². The number of ether oxygens (including phenoxy) is 1. The number of aromatic nitrogens is 1. The Bertz CT molecular complexity index is 677. The smallest absolute Gasteiger partial charge is 0.261 e. The topological polar surface area (TPSA) is 91.5 Å². The fourth-order valence-electron chi connectivity index (χ4n) is 3.17. The molecule has 1 amide bonds. The molecule has 1 aliphatic heterocycles. The molecule has 130 valence electrons. The highest BCUT2D eigenvalue weighted by Crippen LogP contribution is 2.18. The number of carbonyl (C=O) groups excluding carboxylic acids is 2. The molecule has 0 spiro atoms. The first-order chi connectivity index (χ1) is 11.6. The number of aryl methyl sites for hydroxylation is 1. The quantitative estimate of drug-likeness (QED) is 0.759. The number of ketones is 1. The molecule has 2 aliphatic rings. The lowest BCUT2D eigenvalue weighted by Crippen LogP contribution is -2.38. The first-order valence-corrected chi connectivity index (χ1v) is 8.53. The molecule has 3 rings (SSSR count). The minimum atomic E-state index is -0.422. The van der Waals surface area contributed by atoms with Gasteiger partial charge in [0.05, 0.1) is 13.2 Å². The van der Waals surface area contributed by atoms with Crippen LogP contribution in [0.4, 0.5) is 0 Å². The van der Waals surface area contributed by atoms with Crippen LogP contribution in [-0.4, -0.2) is 61.0 Å². The average molecular weight is 333 g/mol. The molecule has 0 radical (unpaired) electrons. The van der Waals surface area contributed by atoms with Crippen molar-refractivity contribution in [3.8, 4) is 0 Å². The molecule has 7 nitrogen and oxygen atoms in total. The molecular weight excluding hydrogens is 310 g/mol. The van der Waals surface area contributed by atoms with Gasteiger partial charge in [0.1, 0.15) is 5.56 Å². The van der Waals surface area contributed by atoms with Gasteiger partial charge in [-0.3, -0.25) is 19.3 Å². The summed E-state index contributed by atoms with van der Waals surface area (Å²) in [6.07, 6.45) is 2.71. The SMILES string of the molecule is O=C1CCCc2[nH]c(=O)c(C(=O)NCCCN3CCOCC3)cc21. The Morgan fingerprint density at radius 3 is 2.83 bits per heavy atom. The predicted molar refractivity (Wildman–Crippen MR) is 88.5 cm³/mol. The number of amides is 1. The van der Waals surface area contributed by atoms with Crippen LogP contribution in [0.15, 0.2) is 10.9 Å². The largest absolute Gasteiger partial charge is 0.379 e. The van der Waals surface area contributed by atoms with Crippen molar-refractivity contribution in [3.63, 3.8) is 0 Å². The molecule has 7 heteroatoms. The van der Waals surface area contributed by atoms with Crippen molar-refractivity contribution < 1.29 is 14.3 Å². The molecule has 1 saturated heterocycles. The Balaban J connectivity index is 1.56. The number of H-pyrrole nitrogens is 1. The van der Waals surface area contributed by atoms with E-state index in [-0.39, 0.29) is 11.3 Å². The van der Waals surface area contributed by atoms with Gasteiger partial charge < -0.3 is 15.0 Å². The molecule has 0 unspecified atom stereocenters. The van der Waals surface area contributed by atoms with Crippen LogP contribution in [0.3, 0.4) is 0 Å². The normalized spacial score (nSPS) is 18.2. The van der Waals surface area contributed by atoms with Crippen molar-refractivity contribution in [2.45, 2.75) is 25.7 Å². The first kappa shape index (κ1) is 16.9. The highest BCUT2D eigenvalue weighted by Gasteiger charge is 2.21. The van der Waals surface area contributed by atoms with E-state index in [1.807, 2.05) is 0 Å². The lowest BCUT2D eigenvalue weighted by atomic mass is 9.93. The van der Waals surface area contributed by atoms with Gasteiger partial charge in [0.15, 0.2) is 5.78 Å². The molecule has 1 aromatic heterocycles. The Morgan fingerprint density at radius 2 is 2.04 bits per heavy atom. The summed E-state index contributed by atoms with van der Waals surface area (Å²) >= 11 is 0. The third kappa shape index (κ3) is 3.91. The van der Waals surface area contributed by atoms with Crippen LogP contribution in [0.2, 0.25) is 0 Å². The summed E-state index contributed by atoms with van der Waals surface area (Å²) in [4.78, 5) is 41.2. The second-order valence-electron chi connectivity index (χ2n) is 6.24. The Morgan fingerprint density at radius 1 is 1.25 bits per heavy atom. The van der Waals surface area contributed by atoms with E-state index in [1.54, 1.807) is 0 Å². The molecular formula is C17H23N3O4. The first-order valence-electron chi connectivity index (χ1n) is 8.53. The number of rotatable bonds is 5. The van der Waals surface area contributed by atoms with Crippen LogP contribution in [0.5, 0.6) is 0 Å². The van der Waals surface area contributed by atoms with Gasteiger partial charge in [-0.15, -0.1) is 0 Å². The highest BCUT2D eigenvalue weighted by molar-refractivity contribution is 6.01. The molecule has 0 bridgehead atoms. The Kier molecular flexibility index (Phi) is 5.42. The number of hydrogen-bond donors (Lipinski definition) is 2. The van der Waals surface area contributed by atoms with E-state index >= 15 is 0 Å². The number of pyridine rings is 1. The summed E-state index contributed by atoms with van der Waals surface area (Å²) in [5.74, 6) is -0.423.